The Morgan fingerprint density at radius 1 is 1.53 bits per heavy atom. The van der Waals surface area contributed by atoms with Gasteiger partial charge in [0.15, 0.2) is 0 Å². The minimum absolute atomic E-state index is 0.0854. The van der Waals surface area contributed by atoms with Gasteiger partial charge in [-0.1, -0.05) is 20.8 Å². The van der Waals surface area contributed by atoms with Crippen LogP contribution in [0, 0.1) is 12.3 Å². The van der Waals surface area contributed by atoms with Gasteiger partial charge in [-0.15, -0.1) is 0 Å². The zero-order valence-electron chi connectivity index (χ0n) is 12.1. The Hall–Kier alpha value is -1.43. The molecular formula is C13H23N5O. The van der Waals surface area contributed by atoms with E-state index in [1.165, 1.54) is 0 Å². The monoisotopic (exact) mass is 265 g/mol. The van der Waals surface area contributed by atoms with Crippen molar-refractivity contribution >= 4 is 5.91 Å². The van der Waals surface area contributed by atoms with E-state index >= 15 is 0 Å². The van der Waals surface area contributed by atoms with Gasteiger partial charge < -0.3 is 11.1 Å². The molecule has 0 fully saturated rings. The molecule has 1 amide bonds. The summed E-state index contributed by atoms with van der Waals surface area (Å²) in [6.45, 7) is 8.47. The predicted octanol–water partition coefficient (Wildman–Crippen LogP) is 0.391. The normalized spacial score (nSPS) is 20.8. The molecule has 1 aliphatic heterocycles. The molecule has 0 radical (unpaired) electrons. The topological polar surface area (TPSA) is 85.8 Å². The highest BCUT2D eigenvalue weighted by Crippen LogP contribution is 2.18. The number of carbonyl (C=O) groups excluding carboxylic acids is 1. The number of hydrogen-bond donors (Lipinski definition) is 2. The highest BCUT2D eigenvalue weighted by molar-refractivity contribution is 5.82. The van der Waals surface area contributed by atoms with Crippen LogP contribution in [-0.4, -0.2) is 32.8 Å². The Kier molecular flexibility index (Phi) is 3.62. The van der Waals surface area contributed by atoms with Crippen LogP contribution in [0.2, 0.25) is 0 Å². The van der Waals surface area contributed by atoms with Crippen LogP contribution in [-0.2, 0) is 17.8 Å². The highest BCUT2D eigenvalue weighted by atomic mass is 16.2. The number of nitrogens with zero attached hydrogens (tertiary/aromatic N) is 3. The first-order chi connectivity index (χ1) is 8.77. The molecule has 2 rings (SSSR count). The van der Waals surface area contributed by atoms with Gasteiger partial charge in [0.1, 0.15) is 11.6 Å². The molecule has 19 heavy (non-hydrogen) atoms. The number of amides is 1. The quantitative estimate of drug-likeness (QED) is 0.810. The number of aromatic nitrogens is 3. The molecule has 0 aliphatic carbocycles. The van der Waals surface area contributed by atoms with Crippen molar-refractivity contribution in [2.45, 2.75) is 59.2 Å². The Morgan fingerprint density at radius 3 is 2.84 bits per heavy atom. The summed E-state index contributed by atoms with van der Waals surface area (Å²) in [7, 11) is 0. The molecule has 6 heteroatoms. The average Bonchev–Trinajstić information content (AvgIpc) is 2.66. The van der Waals surface area contributed by atoms with Gasteiger partial charge in [0.05, 0.1) is 12.6 Å². The smallest absolute Gasteiger partial charge is 0.237 e. The molecule has 0 aromatic carbocycles. The van der Waals surface area contributed by atoms with E-state index in [0.29, 0.717) is 6.54 Å². The van der Waals surface area contributed by atoms with Crippen LogP contribution in [0.25, 0.3) is 0 Å². The molecule has 0 spiro atoms. The van der Waals surface area contributed by atoms with Crippen molar-refractivity contribution in [1.29, 1.82) is 0 Å². The molecule has 1 unspecified atom stereocenters. The number of hydrogen-bond acceptors (Lipinski definition) is 4. The molecule has 1 aromatic rings. The standard InChI is InChI=1S/C13H23N5O/c1-8-15-10-6-5-9(7-18(10)17-8)16-12(19)11(14)13(2,3)4/h9,11H,5-7,14H2,1-4H3,(H,16,19)/t9?,11-/m1/s1. The SMILES string of the molecule is Cc1nc2n(n1)CC(NC(=O)[C@@H](N)C(C)(C)C)CC2. The van der Waals surface area contributed by atoms with Gasteiger partial charge in [-0.05, 0) is 18.8 Å². The third-order valence-electron chi connectivity index (χ3n) is 3.53. The number of fused-ring (bicyclic) bond motifs is 1. The van der Waals surface area contributed by atoms with E-state index in [4.69, 9.17) is 5.73 Å². The fourth-order valence-electron chi connectivity index (χ4n) is 2.24. The van der Waals surface area contributed by atoms with E-state index < -0.39 is 6.04 Å². The fraction of sp³-hybridized carbons (Fsp3) is 0.769. The minimum Gasteiger partial charge on any atom is -0.350 e. The third kappa shape index (κ3) is 3.12. The van der Waals surface area contributed by atoms with Crippen molar-refractivity contribution in [3.63, 3.8) is 0 Å². The average molecular weight is 265 g/mol. The lowest BCUT2D eigenvalue weighted by Crippen LogP contribution is -2.53. The van der Waals surface area contributed by atoms with E-state index in [2.05, 4.69) is 15.4 Å². The summed E-state index contributed by atoms with van der Waals surface area (Å²) in [5.74, 6) is 1.70. The number of rotatable bonds is 2. The maximum atomic E-state index is 12.1. The van der Waals surface area contributed by atoms with E-state index in [0.717, 1.165) is 24.5 Å². The summed E-state index contributed by atoms with van der Waals surface area (Å²) >= 11 is 0. The number of aryl methyl sites for hydroxylation is 2. The summed E-state index contributed by atoms with van der Waals surface area (Å²) < 4.78 is 1.88. The first kappa shape index (κ1) is 14.0. The Morgan fingerprint density at radius 2 is 2.21 bits per heavy atom. The number of nitrogens with two attached hydrogens (primary N) is 1. The number of carbonyl (C=O) groups is 1. The van der Waals surface area contributed by atoms with Gasteiger partial charge in [-0.2, -0.15) is 5.10 Å². The first-order valence-electron chi connectivity index (χ1n) is 6.73. The fourth-order valence-corrected chi connectivity index (χ4v) is 2.24. The van der Waals surface area contributed by atoms with Crippen LogP contribution >= 0.6 is 0 Å². The van der Waals surface area contributed by atoms with Crippen LogP contribution in [0.3, 0.4) is 0 Å². The second kappa shape index (κ2) is 4.92. The lowest BCUT2D eigenvalue weighted by molar-refractivity contribution is -0.125. The summed E-state index contributed by atoms with van der Waals surface area (Å²) in [6, 6.07) is -0.402. The van der Waals surface area contributed by atoms with Gasteiger partial charge >= 0.3 is 0 Å². The molecule has 106 valence electrons. The summed E-state index contributed by atoms with van der Waals surface area (Å²) in [4.78, 5) is 16.4. The van der Waals surface area contributed by atoms with Crippen molar-refractivity contribution in [1.82, 2.24) is 20.1 Å². The largest absolute Gasteiger partial charge is 0.350 e. The molecule has 0 bridgehead atoms. The van der Waals surface area contributed by atoms with Crippen molar-refractivity contribution in [3.8, 4) is 0 Å². The zero-order chi connectivity index (χ0) is 14.2. The van der Waals surface area contributed by atoms with E-state index in [9.17, 15) is 4.79 Å². The molecule has 1 aliphatic rings. The van der Waals surface area contributed by atoms with Gasteiger partial charge in [0.2, 0.25) is 5.91 Å². The maximum absolute atomic E-state index is 12.1. The lowest BCUT2D eigenvalue weighted by atomic mass is 9.86. The lowest BCUT2D eigenvalue weighted by Gasteiger charge is -2.29. The summed E-state index contributed by atoms with van der Waals surface area (Å²) in [5, 5.41) is 7.35. The summed E-state index contributed by atoms with van der Waals surface area (Å²) in [5.41, 5.74) is 5.73. The molecule has 0 saturated heterocycles. The van der Waals surface area contributed by atoms with Crippen LogP contribution in [0.15, 0.2) is 0 Å². The molecule has 2 atom stereocenters. The second-order valence-corrected chi connectivity index (χ2v) is 6.35. The first-order valence-corrected chi connectivity index (χ1v) is 6.73. The van der Waals surface area contributed by atoms with Gasteiger partial charge in [-0.3, -0.25) is 4.79 Å². The summed E-state index contributed by atoms with van der Waals surface area (Å²) in [6.07, 6.45) is 1.73. The molecule has 2 heterocycles. The highest BCUT2D eigenvalue weighted by Gasteiger charge is 2.30. The van der Waals surface area contributed by atoms with Gasteiger partial charge in [-0.25, -0.2) is 9.67 Å². The van der Waals surface area contributed by atoms with Crippen molar-refractivity contribution in [2.24, 2.45) is 11.1 Å². The third-order valence-corrected chi connectivity index (χ3v) is 3.53. The van der Waals surface area contributed by atoms with Gasteiger partial charge in [0.25, 0.3) is 0 Å². The zero-order valence-corrected chi connectivity index (χ0v) is 12.1. The van der Waals surface area contributed by atoms with Crippen molar-refractivity contribution in [3.05, 3.63) is 11.6 Å². The van der Waals surface area contributed by atoms with Crippen LogP contribution in [0.5, 0.6) is 0 Å². The van der Waals surface area contributed by atoms with Crippen molar-refractivity contribution in [2.75, 3.05) is 0 Å². The Bertz CT molecular complexity index is 474. The van der Waals surface area contributed by atoms with Crippen LogP contribution in [0.1, 0.15) is 38.8 Å². The Balaban J connectivity index is 1.97. The molecule has 1 aromatic heterocycles. The van der Waals surface area contributed by atoms with E-state index in [1.807, 2.05) is 32.4 Å². The van der Waals surface area contributed by atoms with Crippen molar-refractivity contribution < 1.29 is 4.79 Å². The molecule has 3 N–H and O–H groups in total. The van der Waals surface area contributed by atoms with Crippen LogP contribution in [0.4, 0.5) is 0 Å². The Labute approximate surface area is 113 Å². The molecule has 6 nitrogen and oxygen atoms in total. The number of nitrogens with one attached hydrogen (secondary N) is 1. The molecular weight excluding hydrogens is 242 g/mol. The second-order valence-electron chi connectivity index (χ2n) is 6.35. The van der Waals surface area contributed by atoms with E-state index in [-0.39, 0.29) is 17.4 Å². The molecule has 0 saturated carbocycles. The van der Waals surface area contributed by atoms with Gasteiger partial charge in [0, 0.05) is 12.5 Å². The van der Waals surface area contributed by atoms with Crippen LogP contribution < -0.4 is 11.1 Å². The minimum atomic E-state index is -0.494. The maximum Gasteiger partial charge on any atom is 0.237 e. The predicted molar refractivity (Wildman–Crippen MR) is 72.4 cm³/mol. The van der Waals surface area contributed by atoms with E-state index in [1.54, 1.807) is 0 Å².